The first-order valence-electron chi connectivity index (χ1n) is 6.59. The summed E-state index contributed by atoms with van der Waals surface area (Å²) in [7, 11) is 1.50. The van der Waals surface area contributed by atoms with Crippen molar-refractivity contribution in [3.8, 4) is 16.9 Å². The van der Waals surface area contributed by atoms with Crippen molar-refractivity contribution >= 4 is 16.8 Å². The van der Waals surface area contributed by atoms with Crippen molar-refractivity contribution in [2.75, 3.05) is 7.11 Å². The number of fused-ring (bicyclic) bond motifs is 4. The van der Waals surface area contributed by atoms with Gasteiger partial charge in [-0.1, -0.05) is 6.07 Å². The molecule has 1 heterocycles. The summed E-state index contributed by atoms with van der Waals surface area (Å²) in [6.45, 7) is 0. The zero-order valence-corrected chi connectivity index (χ0v) is 11.5. The average molecular weight is 296 g/mol. The Morgan fingerprint density at radius 3 is 2.64 bits per heavy atom. The van der Waals surface area contributed by atoms with E-state index in [0.717, 1.165) is 6.07 Å². The molecule has 0 radical (unpaired) electrons. The molecule has 0 spiro atoms. The lowest BCUT2D eigenvalue weighted by Gasteiger charge is -2.04. The number of halogens is 1. The summed E-state index contributed by atoms with van der Waals surface area (Å²) in [6, 6.07) is 8.56. The number of benzene rings is 2. The van der Waals surface area contributed by atoms with Gasteiger partial charge in [0, 0.05) is 17.2 Å². The fraction of sp³-hybridized carbons (Fsp3) is 0.0588. The minimum atomic E-state index is -0.529. The fourth-order valence-corrected chi connectivity index (χ4v) is 2.75. The van der Waals surface area contributed by atoms with Crippen LogP contribution in [0.1, 0.15) is 16.1 Å². The number of carbonyl (C=O) groups excluding carboxylic acids is 1. The average Bonchev–Trinajstić information content (AvgIpc) is 2.80. The van der Waals surface area contributed by atoms with Crippen molar-refractivity contribution in [3.63, 3.8) is 0 Å². The zero-order chi connectivity index (χ0) is 15.4. The molecule has 108 valence electrons. The van der Waals surface area contributed by atoms with E-state index in [1.165, 1.54) is 19.2 Å². The first kappa shape index (κ1) is 12.8. The second-order valence-electron chi connectivity index (χ2n) is 5.02. The van der Waals surface area contributed by atoms with E-state index in [1.54, 1.807) is 18.2 Å². The number of ketones is 1. The number of ether oxygens (including phenoxy) is 1. The molecular formula is C17H9FO4. The van der Waals surface area contributed by atoms with E-state index >= 15 is 0 Å². The highest BCUT2D eigenvalue weighted by molar-refractivity contribution is 6.20. The van der Waals surface area contributed by atoms with Crippen LogP contribution >= 0.6 is 0 Å². The quantitative estimate of drug-likeness (QED) is 0.541. The van der Waals surface area contributed by atoms with Crippen molar-refractivity contribution in [1.29, 1.82) is 0 Å². The Balaban J connectivity index is 2.11. The number of carbonyl (C=O) groups is 1. The second-order valence-corrected chi connectivity index (χ2v) is 5.02. The van der Waals surface area contributed by atoms with E-state index in [2.05, 4.69) is 0 Å². The molecule has 0 fully saturated rings. The SMILES string of the molecule is COc1ccc2c(=O)c3c(oc2c1)C(=O)c1cc(F)ccc1-3. The van der Waals surface area contributed by atoms with Crippen LogP contribution in [0.2, 0.25) is 0 Å². The monoisotopic (exact) mass is 296 g/mol. The minimum Gasteiger partial charge on any atom is -0.497 e. The third-order valence-electron chi connectivity index (χ3n) is 3.80. The van der Waals surface area contributed by atoms with Gasteiger partial charge in [0.1, 0.15) is 17.1 Å². The molecule has 4 rings (SSSR count). The molecule has 0 aliphatic heterocycles. The maximum absolute atomic E-state index is 13.4. The molecule has 1 aliphatic carbocycles. The normalized spacial score (nSPS) is 12.4. The van der Waals surface area contributed by atoms with Gasteiger partial charge in [-0.2, -0.15) is 0 Å². The van der Waals surface area contributed by atoms with Crippen LogP contribution in [0.15, 0.2) is 45.6 Å². The van der Waals surface area contributed by atoms with Crippen LogP contribution in [0.4, 0.5) is 4.39 Å². The van der Waals surface area contributed by atoms with Gasteiger partial charge in [-0.15, -0.1) is 0 Å². The van der Waals surface area contributed by atoms with Crippen molar-refractivity contribution in [3.05, 3.63) is 63.8 Å². The summed E-state index contributed by atoms with van der Waals surface area (Å²) in [5.74, 6) is -0.541. The molecule has 4 nitrogen and oxygen atoms in total. The van der Waals surface area contributed by atoms with Gasteiger partial charge in [0.05, 0.1) is 18.1 Å². The highest BCUT2D eigenvalue weighted by atomic mass is 19.1. The molecule has 0 bridgehead atoms. The van der Waals surface area contributed by atoms with Gasteiger partial charge in [0.2, 0.25) is 11.2 Å². The number of hydrogen-bond donors (Lipinski definition) is 0. The Hall–Kier alpha value is -2.95. The zero-order valence-electron chi connectivity index (χ0n) is 11.5. The lowest BCUT2D eigenvalue weighted by molar-refractivity contribution is 0.101. The van der Waals surface area contributed by atoms with Crippen LogP contribution in [-0.2, 0) is 0 Å². The molecule has 22 heavy (non-hydrogen) atoms. The Kier molecular flexibility index (Phi) is 2.48. The Morgan fingerprint density at radius 1 is 1.05 bits per heavy atom. The molecule has 0 unspecified atom stereocenters. The summed E-state index contributed by atoms with van der Waals surface area (Å²) in [5, 5.41) is 0.351. The Labute approximate surface area is 123 Å². The summed E-state index contributed by atoms with van der Waals surface area (Å²) in [5.41, 5.74) is 0.714. The molecule has 0 atom stereocenters. The lowest BCUT2D eigenvalue weighted by Crippen LogP contribution is -2.07. The summed E-state index contributed by atoms with van der Waals surface area (Å²) >= 11 is 0. The van der Waals surface area contributed by atoms with E-state index in [1.807, 2.05) is 0 Å². The summed E-state index contributed by atoms with van der Waals surface area (Å²) in [4.78, 5) is 25.0. The number of rotatable bonds is 1. The third-order valence-corrected chi connectivity index (χ3v) is 3.80. The van der Waals surface area contributed by atoms with Crippen LogP contribution in [0.5, 0.6) is 5.75 Å². The Bertz CT molecular complexity index is 1020. The van der Waals surface area contributed by atoms with E-state index in [4.69, 9.17) is 9.15 Å². The first-order valence-corrected chi connectivity index (χ1v) is 6.59. The predicted molar refractivity (Wildman–Crippen MR) is 77.9 cm³/mol. The lowest BCUT2D eigenvalue weighted by atomic mass is 10.1. The third kappa shape index (κ3) is 1.56. The second kappa shape index (κ2) is 4.27. The Morgan fingerprint density at radius 2 is 1.86 bits per heavy atom. The van der Waals surface area contributed by atoms with Gasteiger partial charge in [-0.05, 0) is 24.3 Å². The van der Waals surface area contributed by atoms with Crippen LogP contribution in [0.25, 0.3) is 22.1 Å². The van der Waals surface area contributed by atoms with Crippen LogP contribution in [-0.4, -0.2) is 12.9 Å². The smallest absolute Gasteiger partial charge is 0.229 e. The van der Waals surface area contributed by atoms with E-state index < -0.39 is 11.6 Å². The summed E-state index contributed by atoms with van der Waals surface area (Å²) < 4.78 is 24.1. The van der Waals surface area contributed by atoms with E-state index in [9.17, 15) is 14.0 Å². The molecule has 0 saturated carbocycles. The van der Waals surface area contributed by atoms with E-state index in [0.29, 0.717) is 16.7 Å². The van der Waals surface area contributed by atoms with Crippen molar-refractivity contribution in [2.45, 2.75) is 0 Å². The van der Waals surface area contributed by atoms with Gasteiger partial charge in [-0.3, -0.25) is 9.59 Å². The van der Waals surface area contributed by atoms with Gasteiger partial charge in [0.25, 0.3) is 0 Å². The summed E-state index contributed by atoms with van der Waals surface area (Å²) in [6.07, 6.45) is 0. The van der Waals surface area contributed by atoms with Crippen molar-refractivity contribution in [2.24, 2.45) is 0 Å². The maximum atomic E-state index is 13.4. The van der Waals surface area contributed by atoms with Gasteiger partial charge in [0.15, 0.2) is 5.76 Å². The molecule has 0 N–H and O–H groups in total. The first-order chi connectivity index (χ1) is 10.6. The maximum Gasteiger partial charge on any atom is 0.229 e. The molecule has 3 aromatic rings. The van der Waals surface area contributed by atoms with E-state index in [-0.39, 0.29) is 27.9 Å². The minimum absolute atomic E-state index is 0.0497. The standard InChI is InChI=1S/C17H9FO4/c1-21-9-3-5-11-13(7-9)22-17-14(15(11)19)10-4-2-8(18)6-12(10)16(17)20/h2-7H,1H3. The molecule has 1 aromatic heterocycles. The van der Waals surface area contributed by atoms with Crippen LogP contribution in [0.3, 0.4) is 0 Å². The van der Waals surface area contributed by atoms with Crippen LogP contribution in [0, 0.1) is 5.82 Å². The highest BCUT2D eigenvalue weighted by Crippen LogP contribution is 2.36. The van der Waals surface area contributed by atoms with Gasteiger partial charge >= 0.3 is 0 Å². The largest absolute Gasteiger partial charge is 0.497 e. The predicted octanol–water partition coefficient (Wildman–Crippen LogP) is 3.15. The van der Waals surface area contributed by atoms with Gasteiger partial charge < -0.3 is 9.15 Å². The van der Waals surface area contributed by atoms with Crippen molar-refractivity contribution in [1.82, 2.24) is 0 Å². The molecule has 0 saturated heterocycles. The molecule has 5 heteroatoms. The fourth-order valence-electron chi connectivity index (χ4n) is 2.75. The topological polar surface area (TPSA) is 56.5 Å². The molecule has 0 amide bonds. The van der Waals surface area contributed by atoms with Crippen molar-refractivity contribution < 1.29 is 18.3 Å². The highest BCUT2D eigenvalue weighted by Gasteiger charge is 2.33. The van der Waals surface area contributed by atoms with Crippen LogP contribution < -0.4 is 10.2 Å². The molecule has 2 aromatic carbocycles. The molecule has 1 aliphatic rings. The number of hydrogen-bond acceptors (Lipinski definition) is 4. The van der Waals surface area contributed by atoms with Gasteiger partial charge in [-0.25, -0.2) is 4.39 Å². The molecular weight excluding hydrogens is 287 g/mol. The number of methoxy groups -OCH3 is 1.